The van der Waals surface area contributed by atoms with Crippen molar-refractivity contribution in [2.45, 2.75) is 121 Å². The van der Waals surface area contributed by atoms with Crippen molar-refractivity contribution in [1.29, 1.82) is 0 Å². The van der Waals surface area contributed by atoms with Gasteiger partial charge in [-0.2, -0.15) is 0 Å². The van der Waals surface area contributed by atoms with Crippen LogP contribution in [0.5, 0.6) is 0 Å². The Morgan fingerprint density at radius 2 is 1.14 bits per heavy atom. The summed E-state index contributed by atoms with van der Waals surface area (Å²) < 4.78 is 22.0. The number of rotatable bonds is 18. The summed E-state index contributed by atoms with van der Waals surface area (Å²) in [7, 11) is 2.77. The van der Waals surface area contributed by atoms with Crippen LogP contribution in [-0.2, 0) is 18.0 Å². The lowest BCUT2D eigenvalue weighted by Gasteiger charge is -2.24. The molecule has 0 N–H and O–H groups in total. The van der Waals surface area contributed by atoms with E-state index in [0.29, 0.717) is 12.2 Å². The van der Waals surface area contributed by atoms with Gasteiger partial charge in [0.05, 0.1) is 12.2 Å². The van der Waals surface area contributed by atoms with Crippen LogP contribution in [0.4, 0.5) is 0 Å². The smallest absolute Gasteiger partial charge is 0.377 e. The van der Waals surface area contributed by atoms with E-state index in [1.165, 1.54) is 96.3 Å². The molecule has 3 unspecified atom stereocenters. The summed E-state index contributed by atoms with van der Waals surface area (Å²) in [5.41, 5.74) is 0. The molecule has 3 atom stereocenters. The number of unbranched alkanes of at least 4 members (excludes halogenated alkanes) is 11. The van der Waals surface area contributed by atoms with E-state index >= 15 is 0 Å². The van der Waals surface area contributed by atoms with Gasteiger partial charge in [-0.05, 0) is 31.6 Å². The van der Waals surface area contributed by atoms with Crippen molar-refractivity contribution in [2.75, 3.05) is 21.3 Å². The lowest BCUT2D eigenvalue weighted by atomic mass is 9.85. The average Bonchev–Trinajstić information content (AvgIpc) is 3.50. The Hall–Kier alpha value is 0.0569. The van der Waals surface area contributed by atoms with Gasteiger partial charge in [0.1, 0.15) is 0 Å². The molecule has 0 spiro atoms. The predicted molar refractivity (Wildman–Crippen MR) is 118 cm³/mol. The van der Waals surface area contributed by atoms with Crippen LogP contribution in [0.25, 0.3) is 0 Å². The molecule has 2 rings (SSSR count). The van der Waals surface area contributed by atoms with Crippen molar-refractivity contribution >= 4 is 8.80 Å². The van der Waals surface area contributed by atoms with Gasteiger partial charge in [0.2, 0.25) is 0 Å². The molecule has 1 aliphatic heterocycles. The van der Waals surface area contributed by atoms with E-state index in [9.17, 15) is 0 Å². The normalized spacial score (nSPS) is 24.3. The van der Waals surface area contributed by atoms with Crippen molar-refractivity contribution in [1.82, 2.24) is 0 Å². The van der Waals surface area contributed by atoms with Gasteiger partial charge in [0, 0.05) is 27.4 Å². The minimum Gasteiger partial charge on any atom is -0.377 e. The molecule has 2 fully saturated rings. The minimum absolute atomic E-state index is 0.662. The van der Waals surface area contributed by atoms with E-state index in [1.807, 2.05) is 0 Å². The minimum atomic E-state index is -2.33. The molecule has 0 bridgehead atoms. The highest BCUT2D eigenvalue weighted by Gasteiger charge is 2.43. The summed E-state index contributed by atoms with van der Waals surface area (Å²) in [5.74, 6) is 0.973. The van der Waals surface area contributed by atoms with E-state index in [4.69, 9.17) is 18.0 Å². The average molecular weight is 415 g/mol. The van der Waals surface area contributed by atoms with Gasteiger partial charge < -0.3 is 18.0 Å². The van der Waals surface area contributed by atoms with Crippen LogP contribution < -0.4 is 0 Å². The lowest BCUT2D eigenvalue weighted by molar-refractivity contribution is 0.122. The number of hydrogen-bond donors (Lipinski definition) is 0. The fourth-order valence-electron chi connectivity index (χ4n) is 4.85. The maximum atomic E-state index is 5.64. The topological polar surface area (TPSA) is 40.2 Å². The third-order valence-corrected chi connectivity index (χ3v) is 9.72. The molecule has 0 radical (unpaired) electrons. The van der Waals surface area contributed by atoms with Gasteiger partial charge in [0.25, 0.3) is 0 Å². The van der Waals surface area contributed by atoms with Crippen molar-refractivity contribution in [2.24, 2.45) is 5.92 Å². The summed E-state index contributed by atoms with van der Waals surface area (Å²) in [6.45, 7) is 0. The van der Waals surface area contributed by atoms with Gasteiger partial charge in [-0.3, -0.25) is 0 Å². The number of fused-ring (bicyclic) bond motifs is 1. The Morgan fingerprint density at radius 1 is 0.643 bits per heavy atom. The van der Waals surface area contributed by atoms with Gasteiger partial charge >= 0.3 is 8.80 Å². The molecule has 0 amide bonds. The first-order valence-corrected chi connectivity index (χ1v) is 14.0. The number of ether oxygens (including phenoxy) is 1. The van der Waals surface area contributed by atoms with E-state index in [0.717, 1.165) is 18.4 Å². The summed E-state index contributed by atoms with van der Waals surface area (Å²) in [4.78, 5) is 0. The molecule has 2 aliphatic rings. The molecular weight excluding hydrogens is 368 g/mol. The highest BCUT2D eigenvalue weighted by Crippen LogP contribution is 2.41. The van der Waals surface area contributed by atoms with Crippen molar-refractivity contribution in [3.8, 4) is 0 Å². The molecule has 1 aliphatic carbocycles. The summed E-state index contributed by atoms with van der Waals surface area (Å²) in [6, 6.07) is 0.937. The van der Waals surface area contributed by atoms with Crippen LogP contribution >= 0.6 is 0 Å². The van der Waals surface area contributed by atoms with Gasteiger partial charge in [0.15, 0.2) is 0 Å². The first-order chi connectivity index (χ1) is 13.7. The summed E-state index contributed by atoms with van der Waals surface area (Å²) in [5, 5.41) is 0. The van der Waals surface area contributed by atoms with E-state index in [1.54, 1.807) is 21.3 Å². The van der Waals surface area contributed by atoms with Crippen molar-refractivity contribution in [3.63, 3.8) is 0 Å². The molecule has 28 heavy (non-hydrogen) atoms. The van der Waals surface area contributed by atoms with E-state index in [-0.39, 0.29) is 0 Å². The first kappa shape index (κ1) is 24.3. The zero-order valence-corrected chi connectivity index (χ0v) is 19.9. The highest BCUT2D eigenvalue weighted by atomic mass is 28.4. The lowest BCUT2D eigenvalue weighted by Crippen LogP contribution is -2.42. The van der Waals surface area contributed by atoms with Crippen LogP contribution in [0, 0.1) is 5.92 Å². The fourth-order valence-corrected chi connectivity index (χ4v) is 6.64. The molecule has 0 aromatic rings. The molecule has 1 heterocycles. The Labute approximate surface area is 175 Å². The van der Waals surface area contributed by atoms with Crippen LogP contribution in [0.15, 0.2) is 0 Å². The zero-order valence-electron chi connectivity index (χ0n) is 18.9. The second kappa shape index (κ2) is 14.1. The first-order valence-electron chi connectivity index (χ1n) is 12.0. The molecule has 1 saturated carbocycles. The molecule has 0 aromatic carbocycles. The molecule has 166 valence electrons. The zero-order chi connectivity index (χ0) is 20.1. The van der Waals surface area contributed by atoms with Crippen molar-refractivity contribution in [3.05, 3.63) is 0 Å². The van der Waals surface area contributed by atoms with Gasteiger partial charge in [-0.1, -0.05) is 77.0 Å². The number of hydrogen-bond acceptors (Lipinski definition) is 4. The fraction of sp³-hybridized carbons (Fsp3) is 1.00. The van der Waals surface area contributed by atoms with Crippen LogP contribution in [-0.4, -0.2) is 42.3 Å². The molecule has 4 nitrogen and oxygen atoms in total. The van der Waals surface area contributed by atoms with Crippen LogP contribution in [0.3, 0.4) is 0 Å². The maximum Gasteiger partial charge on any atom is 0.500 e. The Kier molecular flexibility index (Phi) is 12.3. The standard InChI is InChI=1S/C23H46O4Si/c1-24-28(25-2,26-3)19-15-13-11-9-7-5-4-6-8-10-12-14-16-21-17-18-22-23(20-21)27-22/h21-23H,4-20H2,1-3H3. The van der Waals surface area contributed by atoms with E-state index < -0.39 is 8.80 Å². The largest absolute Gasteiger partial charge is 0.500 e. The van der Waals surface area contributed by atoms with Crippen LogP contribution in [0.2, 0.25) is 6.04 Å². The van der Waals surface area contributed by atoms with Gasteiger partial charge in [-0.15, -0.1) is 0 Å². The van der Waals surface area contributed by atoms with Gasteiger partial charge in [-0.25, -0.2) is 0 Å². The second-order valence-corrected chi connectivity index (χ2v) is 12.1. The third kappa shape index (κ3) is 9.25. The number of epoxide rings is 1. The molecular formula is C23H46O4Si. The predicted octanol–water partition coefficient (Wildman–Crippen LogP) is 6.50. The molecule has 0 aromatic heterocycles. The van der Waals surface area contributed by atoms with Crippen LogP contribution in [0.1, 0.15) is 103 Å². The SMILES string of the molecule is CO[Si](CCCCCCCCCCCCCCC1CCC2OC2C1)(OC)OC. The second-order valence-electron chi connectivity index (χ2n) is 8.97. The summed E-state index contributed by atoms with van der Waals surface area (Å²) in [6.07, 6.45) is 23.5. The third-order valence-electron chi connectivity index (χ3n) is 6.89. The quantitative estimate of drug-likeness (QED) is 0.146. The maximum absolute atomic E-state index is 5.64. The van der Waals surface area contributed by atoms with E-state index in [2.05, 4.69) is 0 Å². The molecule has 5 heteroatoms. The summed E-state index contributed by atoms with van der Waals surface area (Å²) >= 11 is 0. The Bertz CT molecular complexity index is 381. The highest BCUT2D eigenvalue weighted by molar-refractivity contribution is 6.60. The Morgan fingerprint density at radius 3 is 1.64 bits per heavy atom. The Balaban J connectivity index is 1.27. The molecule has 1 saturated heterocycles. The van der Waals surface area contributed by atoms with Crippen molar-refractivity contribution < 1.29 is 18.0 Å². The monoisotopic (exact) mass is 414 g/mol.